The zero-order chi connectivity index (χ0) is 14.5. The van der Waals surface area contributed by atoms with Gasteiger partial charge in [-0.25, -0.2) is 0 Å². The minimum absolute atomic E-state index is 0.675. The first kappa shape index (κ1) is 15.1. The van der Waals surface area contributed by atoms with E-state index >= 15 is 0 Å². The van der Waals surface area contributed by atoms with Crippen LogP contribution in [0.1, 0.15) is 44.6 Å². The molecule has 1 saturated carbocycles. The van der Waals surface area contributed by atoms with Crippen LogP contribution >= 0.6 is 0 Å². The first-order valence-electron chi connectivity index (χ1n) is 8.83. The summed E-state index contributed by atoms with van der Waals surface area (Å²) in [5.41, 5.74) is 1.41. The number of likely N-dealkylation sites (tertiary alicyclic amines) is 1. The van der Waals surface area contributed by atoms with Crippen molar-refractivity contribution in [3.63, 3.8) is 0 Å². The van der Waals surface area contributed by atoms with Gasteiger partial charge < -0.3 is 10.2 Å². The zero-order valence-electron chi connectivity index (χ0n) is 13.4. The van der Waals surface area contributed by atoms with Crippen molar-refractivity contribution in [3.05, 3.63) is 35.9 Å². The molecule has 1 saturated heterocycles. The summed E-state index contributed by atoms with van der Waals surface area (Å²) in [6.07, 6.45) is 7.12. The number of rotatable bonds is 7. The average molecular weight is 286 g/mol. The van der Waals surface area contributed by atoms with E-state index in [9.17, 15) is 0 Å². The Morgan fingerprint density at radius 2 is 1.90 bits per heavy atom. The lowest BCUT2D eigenvalue weighted by atomic mass is 9.89. The highest BCUT2D eigenvalue weighted by atomic mass is 15.2. The van der Waals surface area contributed by atoms with E-state index in [2.05, 4.69) is 47.5 Å². The van der Waals surface area contributed by atoms with Crippen LogP contribution in [0.2, 0.25) is 0 Å². The Kier molecular flexibility index (Phi) is 5.32. The molecular weight excluding hydrogens is 256 g/mol. The van der Waals surface area contributed by atoms with E-state index in [1.807, 2.05) is 0 Å². The van der Waals surface area contributed by atoms with Crippen LogP contribution in [0.25, 0.3) is 0 Å². The van der Waals surface area contributed by atoms with Crippen LogP contribution in [-0.4, -0.2) is 30.6 Å². The van der Waals surface area contributed by atoms with Gasteiger partial charge in [0.15, 0.2) is 0 Å². The summed E-state index contributed by atoms with van der Waals surface area (Å²) in [7, 11) is 0. The number of benzene rings is 1. The van der Waals surface area contributed by atoms with Crippen molar-refractivity contribution in [2.45, 2.75) is 51.6 Å². The van der Waals surface area contributed by atoms with Crippen LogP contribution in [0.5, 0.6) is 0 Å². The van der Waals surface area contributed by atoms with Crippen LogP contribution in [0.15, 0.2) is 30.3 Å². The average Bonchev–Trinajstić information content (AvgIpc) is 3.30. The van der Waals surface area contributed by atoms with E-state index in [0.717, 1.165) is 18.4 Å². The molecule has 116 valence electrons. The molecule has 0 aromatic heterocycles. The highest BCUT2D eigenvalue weighted by Crippen LogP contribution is 2.37. The maximum Gasteiger partial charge on any atom is 0.0208 e. The highest BCUT2D eigenvalue weighted by molar-refractivity contribution is 5.14. The minimum atomic E-state index is 0.675. The van der Waals surface area contributed by atoms with Gasteiger partial charge in [-0.1, -0.05) is 50.1 Å². The molecule has 1 aliphatic carbocycles. The molecule has 2 unspecified atom stereocenters. The van der Waals surface area contributed by atoms with Crippen LogP contribution < -0.4 is 5.32 Å². The standard InChI is InChI=1S/C19H30N2/c1-2-10-21-14-18(11-16-8-9-16)12-19(15-21)20-13-17-6-4-3-5-7-17/h3-7,16,18-20H,2,8-15H2,1H3. The fourth-order valence-electron chi connectivity index (χ4n) is 3.80. The van der Waals surface area contributed by atoms with Gasteiger partial charge >= 0.3 is 0 Å². The molecule has 21 heavy (non-hydrogen) atoms. The first-order chi connectivity index (χ1) is 10.3. The Morgan fingerprint density at radius 3 is 2.62 bits per heavy atom. The number of piperidine rings is 1. The minimum Gasteiger partial charge on any atom is -0.309 e. The molecule has 1 aromatic rings. The van der Waals surface area contributed by atoms with Crippen LogP contribution in [-0.2, 0) is 6.54 Å². The van der Waals surface area contributed by atoms with Gasteiger partial charge in [-0.15, -0.1) is 0 Å². The van der Waals surface area contributed by atoms with Crippen molar-refractivity contribution >= 4 is 0 Å². The molecule has 2 nitrogen and oxygen atoms in total. The highest BCUT2D eigenvalue weighted by Gasteiger charge is 2.31. The molecule has 1 N–H and O–H groups in total. The normalized spacial score (nSPS) is 26.9. The van der Waals surface area contributed by atoms with Gasteiger partial charge in [-0.3, -0.25) is 0 Å². The monoisotopic (exact) mass is 286 g/mol. The fraction of sp³-hybridized carbons (Fsp3) is 0.684. The second-order valence-corrected chi connectivity index (χ2v) is 7.10. The molecule has 3 rings (SSSR count). The van der Waals surface area contributed by atoms with Gasteiger partial charge in [-0.05, 0) is 43.2 Å². The van der Waals surface area contributed by atoms with Crippen molar-refractivity contribution in [3.8, 4) is 0 Å². The summed E-state index contributed by atoms with van der Waals surface area (Å²) in [5.74, 6) is 1.98. The van der Waals surface area contributed by atoms with Gasteiger partial charge in [-0.2, -0.15) is 0 Å². The van der Waals surface area contributed by atoms with Crippen molar-refractivity contribution in [2.75, 3.05) is 19.6 Å². The van der Waals surface area contributed by atoms with Gasteiger partial charge in [0.05, 0.1) is 0 Å². The lowest BCUT2D eigenvalue weighted by molar-refractivity contribution is 0.132. The maximum absolute atomic E-state index is 3.81. The van der Waals surface area contributed by atoms with E-state index in [1.54, 1.807) is 0 Å². The number of hydrogen-bond acceptors (Lipinski definition) is 2. The Hall–Kier alpha value is -0.860. The second-order valence-electron chi connectivity index (χ2n) is 7.10. The third-order valence-corrected chi connectivity index (χ3v) is 4.95. The molecule has 0 spiro atoms. The molecule has 2 atom stereocenters. The molecule has 0 amide bonds. The molecule has 2 fully saturated rings. The molecule has 0 radical (unpaired) electrons. The van der Waals surface area contributed by atoms with Gasteiger partial charge in [0.25, 0.3) is 0 Å². The fourth-order valence-corrected chi connectivity index (χ4v) is 3.80. The molecule has 1 aromatic carbocycles. The predicted octanol–water partition coefficient (Wildman–Crippen LogP) is 3.68. The van der Waals surface area contributed by atoms with Gasteiger partial charge in [0.1, 0.15) is 0 Å². The topological polar surface area (TPSA) is 15.3 Å². The Labute approximate surface area is 129 Å². The summed E-state index contributed by atoms with van der Waals surface area (Å²) in [6, 6.07) is 11.5. The maximum atomic E-state index is 3.81. The third-order valence-electron chi connectivity index (χ3n) is 4.95. The molecule has 2 aliphatic rings. The van der Waals surface area contributed by atoms with Crippen molar-refractivity contribution in [1.82, 2.24) is 10.2 Å². The molecule has 2 heteroatoms. The summed E-state index contributed by atoms with van der Waals surface area (Å²) in [6.45, 7) is 7.17. The summed E-state index contributed by atoms with van der Waals surface area (Å²) in [4.78, 5) is 2.69. The van der Waals surface area contributed by atoms with E-state index in [0.29, 0.717) is 6.04 Å². The van der Waals surface area contributed by atoms with Gasteiger partial charge in [0, 0.05) is 25.7 Å². The van der Waals surface area contributed by atoms with Crippen molar-refractivity contribution in [1.29, 1.82) is 0 Å². The van der Waals surface area contributed by atoms with Crippen molar-refractivity contribution < 1.29 is 0 Å². The first-order valence-corrected chi connectivity index (χ1v) is 8.83. The number of hydrogen-bond donors (Lipinski definition) is 1. The molecule has 1 heterocycles. The lowest BCUT2D eigenvalue weighted by Gasteiger charge is -2.38. The van der Waals surface area contributed by atoms with Crippen LogP contribution in [0.4, 0.5) is 0 Å². The van der Waals surface area contributed by atoms with Crippen LogP contribution in [0.3, 0.4) is 0 Å². The molecule has 0 bridgehead atoms. The lowest BCUT2D eigenvalue weighted by Crippen LogP contribution is -2.49. The van der Waals surface area contributed by atoms with E-state index in [-0.39, 0.29) is 0 Å². The Morgan fingerprint density at radius 1 is 1.10 bits per heavy atom. The van der Waals surface area contributed by atoms with Gasteiger partial charge in [0.2, 0.25) is 0 Å². The van der Waals surface area contributed by atoms with E-state index < -0.39 is 0 Å². The molecular formula is C19H30N2. The predicted molar refractivity (Wildman–Crippen MR) is 89.2 cm³/mol. The second kappa shape index (κ2) is 7.42. The Bertz CT molecular complexity index is 413. The zero-order valence-corrected chi connectivity index (χ0v) is 13.4. The quantitative estimate of drug-likeness (QED) is 0.822. The summed E-state index contributed by atoms with van der Waals surface area (Å²) < 4.78 is 0. The summed E-state index contributed by atoms with van der Waals surface area (Å²) >= 11 is 0. The smallest absolute Gasteiger partial charge is 0.0208 e. The SMILES string of the molecule is CCCN1CC(CC2CC2)CC(NCc2ccccc2)C1. The number of nitrogens with one attached hydrogen (secondary N) is 1. The Balaban J connectivity index is 1.52. The third kappa shape index (κ3) is 4.82. The molecule has 1 aliphatic heterocycles. The van der Waals surface area contributed by atoms with Crippen molar-refractivity contribution in [2.24, 2.45) is 11.8 Å². The summed E-state index contributed by atoms with van der Waals surface area (Å²) in [5, 5.41) is 3.81. The van der Waals surface area contributed by atoms with E-state index in [1.165, 1.54) is 57.3 Å². The number of nitrogens with zero attached hydrogens (tertiary/aromatic N) is 1. The van der Waals surface area contributed by atoms with E-state index in [4.69, 9.17) is 0 Å². The largest absolute Gasteiger partial charge is 0.309 e. The van der Waals surface area contributed by atoms with Crippen LogP contribution in [0, 0.1) is 11.8 Å².